The van der Waals surface area contributed by atoms with Gasteiger partial charge in [0.15, 0.2) is 12.6 Å². The van der Waals surface area contributed by atoms with Gasteiger partial charge in [-0.2, -0.15) is 0 Å². The average molecular weight is 405 g/mol. The molecule has 23 heavy (non-hydrogen) atoms. The van der Waals surface area contributed by atoms with E-state index < -0.39 is 73.3 Å². The van der Waals surface area contributed by atoms with Crippen LogP contribution in [0.1, 0.15) is 0 Å². The lowest BCUT2D eigenvalue weighted by molar-refractivity contribution is -0.334. The van der Waals surface area contributed by atoms with Gasteiger partial charge < -0.3 is 50.0 Å². The summed E-state index contributed by atoms with van der Waals surface area (Å²) in [4.78, 5) is -0.910. The average Bonchev–Trinajstić information content (AvgIpc) is 2.54. The Balaban J connectivity index is 2.11. The van der Waals surface area contributed by atoms with Crippen molar-refractivity contribution in [2.75, 3.05) is 13.2 Å². The van der Waals surface area contributed by atoms with Crippen molar-refractivity contribution in [2.24, 2.45) is 0 Å². The van der Waals surface area contributed by atoms with Crippen molar-refractivity contribution in [3.63, 3.8) is 0 Å². The van der Waals surface area contributed by atoms with Crippen molar-refractivity contribution < 1.29 is 50.0 Å². The molecule has 2 heterocycles. The minimum absolute atomic E-state index is 0.577. The van der Waals surface area contributed by atoms with Crippen molar-refractivity contribution in [1.82, 2.24) is 0 Å². The van der Waals surface area contributed by atoms with Crippen LogP contribution in [0.5, 0.6) is 0 Å². The molecule has 5 unspecified atom stereocenters. The molecule has 7 N–H and O–H groups in total. The number of hydrogen-bond acceptors (Lipinski definition) is 10. The SMILES string of the molecule is OCC1O[C@@H](O)[C@H](Br)C(OC2OC(CO)[C@H](O)C(O)[C@@H]2O)[C@@H]1O. The van der Waals surface area contributed by atoms with Crippen LogP contribution in [-0.4, -0.2) is 109 Å². The van der Waals surface area contributed by atoms with E-state index in [9.17, 15) is 25.5 Å². The Hall–Kier alpha value is 0.0800. The fraction of sp³-hybridized carbons (Fsp3) is 1.00. The lowest BCUT2D eigenvalue weighted by Crippen LogP contribution is -2.63. The second-order valence-electron chi connectivity index (χ2n) is 5.48. The highest BCUT2D eigenvalue weighted by Crippen LogP contribution is 2.31. The second kappa shape index (κ2) is 7.97. The third-order valence-electron chi connectivity index (χ3n) is 3.94. The van der Waals surface area contributed by atoms with E-state index in [-0.39, 0.29) is 0 Å². The molecule has 10 nitrogen and oxygen atoms in total. The van der Waals surface area contributed by atoms with E-state index in [2.05, 4.69) is 15.9 Å². The number of alkyl halides is 1. The molecule has 0 amide bonds. The highest BCUT2D eigenvalue weighted by Gasteiger charge is 2.49. The van der Waals surface area contributed by atoms with Gasteiger partial charge in [0, 0.05) is 0 Å². The topological polar surface area (TPSA) is 169 Å². The summed E-state index contributed by atoms with van der Waals surface area (Å²) in [6.45, 7) is -1.20. The smallest absolute Gasteiger partial charge is 0.187 e. The Morgan fingerprint density at radius 1 is 0.783 bits per heavy atom. The van der Waals surface area contributed by atoms with Crippen LogP contribution >= 0.6 is 15.9 Å². The first kappa shape index (κ1) is 19.4. The monoisotopic (exact) mass is 404 g/mol. The highest BCUT2D eigenvalue weighted by molar-refractivity contribution is 9.09. The number of hydrogen-bond donors (Lipinski definition) is 7. The van der Waals surface area contributed by atoms with Gasteiger partial charge in [-0.15, -0.1) is 0 Å². The summed E-state index contributed by atoms with van der Waals surface area (Å²) < 4.78 is 15.6. The molecule has 0 spiro atoms. The third kappa shape index (κ3) is 3.85. The first-order valence-corrected chi connectivity index (χ1v) is 7.95. The maximum atomic E-state index is 10.1. The first-order valence-electron chi connectivity index (χ1n) is 7.04. The molecule has 2 rings (SSSR count). The molecule has 0 radical (unpaired) electrons. The van der Waals surface area contributed by atoms with Gasteiger partial charge in [0.2, 0.25) is 0 Å². The highest BCUT2D eigenvalue weighted by atomic mass is 79.9. The van der Waals surface area contributed by atoms with Crippen LogP contribution in [0.4, 0.5) is 0 Å². The quantitative estimate of drug-likeness (QED) is 0.229. The van der Waals surface area contributed by atoms with E-state index in [1.807, 2.05) is 0 Å². The van der Waals surface area contributed by atoms with Crippen molar-refractivity contribution in [3.05, 3.63) is 0 Å². The largest absolute Gasteiger partial charge is 0.394 e. The molecule has 2 aliphatic heterocycles. The molecule has 0 bridgehead atoms. The molecule has 10 atom stereocenters. The fourth-order valence-corrected chi connectivity index (χ4v) is 3.10. The summed E-state index contributed by atoms with van der Waals surface area (Å²) in [6.07, 6.45) is -12.5. The predicted molar refractivity (Wildman–Crippen MR) is 75.3 cm³/mol. The number of aliphatic hydroxyl groups excluding tert-OH is 7. The molecular weight excluding hydrogens is 384 g/mol. The Morgan fingerprint density at radius 3 is 1.91 bits per heavy atom. The van der Waals surface area contributed by atoms with E-state index in [4.69, 9.17) is 24.4 Å². The van der Waals surface area contributed by atoms with Gasteiger partial charge in [0.05, 0.1) is 18.0 Å². The summed E-state index contributed by atoms with van der Waals surface area (Å²) in [7, 11) is 0. The Kier molecular flexibility index (Phi) is 6.73. The van der Waals surface area contributed by atoms with Gasteiger partial charge >= 0.3 is 0 Å². The second-order valence-corrected chi connectivity index (χ2v) is 6.54. The number of rotatable bonds is 4. The molecule has 0 aromatic rings. The van der Waals surface area contributed by atoms with Crippen LogP contribution in [0.25, 0.3) is 0 Å². The Labute approximate surface area is 140 Å². The molecule has 2 fully saturated rings. The predicted octanol–water partition coefficient (Wildman–Crippen LogP) is -3.99. The summed E-state index contributed by atoms with van der Waals surface area (Å²) in [5.41, 5.74) is 0. The molecule has 136 valence electrons. The summed E-state index contributed by atoms with van der Waals surface area (Å²) in [5.74, 6) is 0. The van der Waals surface area contributed by atoms with Crippen LogP contribution < -0.4 is 0 Å². The molecule has 0 saturated carbocycles. The lowest BCUT2D eigenvalue weighted by atomic mass is 9.98. The third-order valence-corrected chi connectivity index (χ3v) is 4.91. The van der Waals surface area contributed by atoms with Crippen LogP contribution in [0, 0.1) is 0 Å². The summed E-state index contributed by atoms with van der Waals surface area (Å²) >= 11 is 3.08. The number of ether oxygens (including phenoxy) is 3. The number of halogens is 1. The molecule has 2 aliphatic rings. The van der Waals surface area contributed by atoms with Gasteiger partial charge in [-0.25, -0.2) is 0 Å². The zero-order valence-electron chi connectivity index (χ0n) is 11.9. The van der Waals surface area contributed by atoms with Gasteiger partial charge in [0.25, 0.3) is 0 Å². The molecular formula is C12H21BrO10. The zero-order valence-corrected chi connectivity index (χ0v) is 13.5. The zero-order chi connectivity index (χ0) is 17.3. The van der Waals surface area contributed by atoms with Crippen molar-refractivity contribution in [3.8, 4) is 0 Å². The maximum absolute atomic E-state index is 10.1. The fourth-order valence-electron chi connectivity index (χ4n) is 2.54. The molecule has 2 saturated heterocycles. The molecule has 11 heteroatoms. The van der Waals surface area contributed by atoms with Crippen LogP contribution in [0.3, 0.4) is 0 Å². The normalized spacial score (nSPS) is 51.7. The molecule has 0 aromatic carbocycles. The van der Waals surface area contributed by atoms with E-state index in [1.54, 1.807) is 0 Å². The minimum Gasteiger partial charge on any atom is -0.394 e. The van der Waals surface area contributed by atoms with Crippen molar-refractivity contribution in [2.45, 2.75) is 60.1 Å². The van der Waals surface area contributed by atoms with E-state index >= 15 is 0 Å². The van der Waals surface area contributed by atoms with Crippen molar-refractivity contribution in [1.29, 1.82) is 0 Å². The van der Waals surface area contributed by atoms with Crippen LogP contribution in [0.15, 0.2) is 0 Å². The summed E-state index contributed by atoms with van der Waals surface area (Å²) in [5, 5.41) is 67.5. The van der Waals surface area contributed by atoms with Gasteiger partial charge in [-0.3, -0.25) is 0 Å². The van der Waals surface area contributed by atoms with E-state index in [1.165, 1.54) is 0 Å². The standard InChI is InChI=1S/C12H21BrO10/c13-5-10(7(17)4(2-15)21-11(5)20)23-12-9(19)8(18)6(16)3(1-14)22-12/h3-12,14-20H,1-2H2/t3?,4?,5-,6+,7-,8?,9+,10?,11-,12?/m1/s1. The van der Waals surface area contributed by atoms with E-state index in [0.717, 1.165) is 0 Å². The van der Waals surface area contributed by atoms with E-state index in [0.29, 0.717) is 0 Å². The van der Waals surface area contributed by atoms with Crippen molar-refractivity contribution >= 4 is 15.9 Å². The van der Waals surface area contributed by atoms with Gasteiger partial charge in [0.1, 0.15) is 42.7 Å². The van der Waals surface area contributed by atoms with Gasteiger partial charge in [-0.1, -0.05) is 15.9 Å². The maximum Gasteiger partial charge on any atom is 0.187 e. The Bertz CT molecular complexity index is 385. The van der Waals surface area contributed by atoms with Crippen LogP contribution in [-0.2, 0) is 14.2 Å². The Morgan fingerprint density at radius 2 is 1.35 bits per heavy atom. The van der Waals surface area contributed by atoms with Gasteiger partial charge in [-0.05, 0) is 0 Å². The van der Waals surface area contributed by atoms with Crippen LogP contribution in [0.2, 0.25) is 0 Å². The summed E-state index contributed by atoms with van der Waals surface area (Å²) in [6, 6.07) is 0. The first-order chi connectivity index (χ1) is 10.8. The molecule has 0 aromatic heterocycles. The lowest BCUT2D eigenvalue weighted by Gasteiger charge is -2.45. The molecule has 0 aliphatic carbocycles. The number of aliphatic hydroxyl groups is 7. The minimum atomic E-state index is -1.65.